The predicted octanol–water partition coefficient (Wildman–Crippen LogP) is 2.72. The molecule has 0 atom stereocenters. The second kappa shape index (κ2) is 8.08. The Morgan fingerprint density at radius 2 is 1.67 bits per heavy atom. The van der Waals surface area contributed by atoms with Gasteiger partial charge in [-0.05, 0) is 38.1 Å². The van der Waals surface area contributed by atoms with E-state index in [0.29, 0.717) is 6.54 Å². The van der Waals surface area contributed by atoms with Crippen molar-refractivity contribution in [3.8, 4) is 0 Å². The molecular formula is C18H22N2O3S. The third kappa shape index (κ3) is 4.66. The molecule has 1 N–H and O–H groups in total. The molecular weight excluding hydrogens is 324 g/mol. The number of para-hydroxylation sites is 1. The summed E-state index contributed by atoms with van der Waals surface area (Å²) in [6.45, 7) is 4.39. The van der Waals surface area contributed by atoms with Crippen molar-refractivity contribution in [1.82, 2.24) is 4.72 Å². The third-order valence-corrected chi connectivity index (χ3v) is 5.12. The smallest absolute Gasteiger partial charge is 0.240 e. The van der Waals surface area contributed by atoms with E-state index < -0.39 is 10.0 Å². The number of benzene rings is 2. The molecule has 2 aromatic rings. The largest absolute Gasteiger partial charge is 0.313 e. The van der Waals surface area contributed by atoms with Crippen molar-refractivity contribution in [2.45, 2.75) is 25.2 Å². The molecule has 24 heavy (non-hydrogen) atoms. The molecule has 2 aromatic carbocycles. The van der Waals surface area contributed by atoms with Crippen LogP contribution in [0.1, 0.15) is 18.9 Å². The molecule has 0 aliphatic carbocycles. The topological polar surface area (TPSA) is 66.5 Å². The molecule has 0 unspecified atom stereocenters. The van der Waals surface area contributed by atoms with Gasteiger partial charge in [0.1, 0.15) is 0 Å². The highest BCUT2D eigenvalue weighted by molar-refractivity contribution is 7.89. The number of amides is 1. The average molecular weight is 346 g/mol. The summed E-state index contributed by atoms with van der Waals surface area (Å²) in [6.07, 6.45) is 0.105. The van der Waals surface area contributed by atoms with Gasteiger partial charge in [0.05, 0.1) is 4.90 Å². The molecule has 0 heterocycles. The SMILES string of the molecule is CCN(C(=O)CCNS(=O)(=O)c1ccc(C)cc1)c1ccccc1. The van der Waals surface area contributed by atoms with Gasteiger partial charge in [-0.1, -0.05) is 35.9 Å². The monoisotopic (exact) mass is 346 g/mol. The number of nitrogens with zero attached hydrogens (tertiary/aromatic N) is 1. The van der Waals surface area contributed by atoms with Gasteiger partial charge in [0.25, 0.3) is 0 Å². The van der Waals surface area contributed by atoms with Gasteiger partial charge in [0.15, 0.2) is 0 Å². The summed E-state index contributed by atoms with van der Waals surface area (Å²) in [5, 5.41) is 0. The second-order valence-electron chi connectivity index (χ2n) is 5.43. The van der Waals surface area contributed by atoms with E-state index in [2.05, 4.69) is 4.72 Å². The van der Waals surface area contributed by atoms with Crippen LogP contribution in [0.2, 0.25) is 0 Å². The molecule has 5 nitrogen and oxygen atoms in total. The Balaban J connectivity index is 1.95. The van der Waals surface area contributed by atoms with E-state index in [1.54, 1.807) is 29.2 Å². The van der Waals surface area contributed by atoms with Gasteiger partial charge in [-0.3, -0.25) is 4.79 Å². The number of hydrogen-bond donors (Lipinski definition) is 1. The van der Waals surface area contributed by atoms with E-state index in [4.69, 9.17) is 0 Å². The molecule has 0 aliphatic heterocycles. The Kier molecular flexibility index (Phi) is 6.11. The molecule has 0 saturated carbocycles. The summed E-state index contributed by atoms with van der Waals surface area (Å²) < 4.78 is 26.9. The number of aryl methyl sites for hydroxylation is 1. The van der Waals surface area contributed by atoms with Gasteiger partial charge >= 0.3 is 0 Å². The molecule has 0 fully saturated rings. The molecule has 0 spiro atoms. The third-order valence-electron chi connectivity index (χ3n) is 3.65. The van der Waals surface area contributed by atoms with Crippen molar-refractivity contribution in [3.05, 3.63) is 60.2 Å². The number of anilines is 1. The van der Waals surface area contributed by atoms with Gasteiger partial charge in [0.2, 0.25) is 15.9 Å². The van der Waals surface area contributed by atoms with Crippen molar-refractivity contribution >= 4 is 21.6 Å². The first-order valence-corrected chi connectivity index (χ1v) is 9.34. The lowest BCUT2D eigenvalue weighted by Crippen LogP contribution is -2.34. The van der Waals surface area contributed by atoms with Crippen LogP contribution in [-0.4, -0.2) is 27.4 Å². The molecule has 0 radical (unpaired) electrons. The van der Waals surface area contributed by atoms with Crippen molar-refractivity contribution in [1.29, 1.82) is 0 Å². The number of rotatable bonds is 7. The summed E-state index contributed by atoms with van der Waals surface area (Å²) >= 11 is 0. The van der Waals surface area contributed by atoms with E-state index in [-0.39, 0.29) is 23.8 Å². The standard InChI is InChI=1S/C18H22N2O3S/c1-3-20(16-7-5-4-6-8-16)18(21)13-14-19-24(22,23)17-11-9-15(2)10-12-17/h4-12,19H,3,13-14H2,1-2H3. The van der Waals surface area contributed by atoms with E-state index >= 15 is 0 Å². The van der Waals surface area contributed by atoms with Crippen LogP contribution in [-0.2, 0) is 14.8 Å². The van der Waals surface area contributed by atoms with E-state index in [1.807, 2.05) is 44.2 Å². The molecule has 0 saturated heterocycles. The number of sulfonamides is 1. The lowest BCUT2D eigenvalue weighted by atomic mass is 10.2. The van der Waals surface area contributed by atoms with Gasteiger partial charge in [-0.2, -0.15) is 0 Å². The maximum Gasteiger partial charge on any atom is 0.240 e. The Hall–Kier alpha value is -2.18. The van der Waals surface area contributed by atoms with Crippen LogP contribution in [0.4, 0.5) is 5.69 Å². The molecule has 0 bridgehead atoms. The fraction of sp³-hybridized carbons (Fsp3) is 0.278. The van der Waals surface area contributed by atoms with Crippen LogP contribution in [0, 0.1) is 6.92 Å². The summed E-state index contributed by atoms with van der Waals surface area (Å²) in [5.74, 6) is -0.115. The van der Waals surface area contributed by atoms with Gasteiger partial charge in [0, 0.05) is 25.2 Å². The minimum Gasteiger partial charge on any atom is -0.313 e. The highest BCUT2D eigenvalue weighted by Gasteiger charge is 2.17. The molecule has 0 aliphatic rings. The molecule has 128 valence electrons. The summed E-state index contributed by atoms with van der Waals surface area (Å²) in [6, 6.07) is 15.9. The number of nitrogens with one attached hydrogen (secondary N) is 1. The Morgan fingerprint density at radius 1 is 1.04 bits per heavy atom. The first-order chi connectivity index (χ1) is 11.4. The highest BCUT2D eigenvalue weighted by Crippen LogP contribution is 2.14. The van der Waals surface area contributed by atoms with Crippen molar-refractivity contribution in [3.63, 3.8) is 0 Å². The maximum absolute atomic E-state index is 12.3. The zero-order valence-corrected chi connectivity index (χ0v) is 14.7. The molecule has 2 rings (SSSR count). The van der Waals surface area contributed by atoms with Crippen LogP contribution in [0.25, 0.3) is 0 Å². The summed E-state index contributed by atoms with van der Waals surface area (Å²) in [7, 11) is -3.59. The quantitative estimate of drug-likeness (QED) is 0.838. The van der Waals surface area contributed by atoms with Crippen molar-refractivity contribution < 1.29 is 13.2 Å². The minimum atomic E-state index is -3.59. The van der Waals surface area contributed by atoms with E-state index in [9.17, 15) is 13.2 Å². The van der Waals surface area contributed by atoms with E-state index in [0.717, 1.165) is 11.3 Å². The van der Waals surface area contributed by atoms with Crippen LogP contribution in [0.3, 0.4) is 0 Å². The van der Waals surface area contributed by atoms with Crippen molar-refractivity contribution in [2.75, 3.05) is 18.0 Å². The Morgan fingerprint density at radius 3 is 2.25 bits per heavy atom. The normalized spacial score (nSPS) is 11.2. The molecule has 1 amide bonds. The Bertz CT molecular complexity index is 772. The fourth-order valence-electron chi connectivity index (χ4n) is 2.34. The average Bonchev–Trinajstić information content (AvgIpc) is 2.57. The van der Waals surface area contributed by atoms with Crippen LogP contribution in [0.15, 0.2) is 59.5 Å². The molecule has 6 heteroatoms. The lowest BCUT2D eigenvalue weighted by molar-refractivity contribution is -0.118. The second-order valence-corrected chi connectivity index (χ2v) is 7.20. The zero-order chi connectivity index (χ0) is 17.6. The van der Waals surface area contributed by atoms with Gasteiger partial charge in [-0.25, -0.2) is 13.1 Å². The summed E-state index contributed by atoms with van der Waals surface area (Å²) in [4.78, 5) is 14.2. The maximum atomic E-state index is 12.3. The van der Waals surface area contributed by atoms with E-state index in [1.165, 1.54) is 0 Å². The summed E-state index contributed by atoms with van der Waals surface area (Å²) in [5.41, 5.74) is 1.80. The number of hydrogen-bond acceptors (Lipinski definition) is 3. The lowest BCUT2D eigenvalue weighted by Gasteiger charge is -2.21. The minimum absolute atomic E-state index is 0.0678. The van der Waals surface area contributed by atoms with Crippen LogP contribution in [0.5, 0.6) is 0 Å². The van der Waals surface area contributed by atoms with Gasteiger partial charge in [-0.15, -0.1) is 0 Å². The number of carbonyl (C=O) groups is 1. The first-order valence-electron chi connectivity index (χ1n) is 7.86. The van der Waals surface area contributed by atoms with Gasteiger partial charge < -0.3 is 4.90 Å². The number of carbonyl (C=O) groups excluding carboxylic acids is 1. The highest BCUT2D eigenvalue weighted by atomic mass is 32.2. The van der Waals surface area contributed by atoms with Crippen LogP contribution >= 0.6 is 0 Å². The fourth-order valence-corrected chi connectivity index (χ4v) is 3.37. The Labute approximate surface area is 143 Å². The predicted molar refractivity (Wildman–Crippen MR) is 95.5 cm³/mol. The molecule has 0 aromatic heterocycles. The van der Waals surface area contributed by atoms with Crippen molar-refractivity contribution in [2.24, 2.45) is 0 Å². The zero-order valence-electron chi connectivity index (χ0n) is 13.9. The van der Waals surface area contributed by atoms with Crippen LogP contribution < -0.4 is 9.62 Å². The first kappa shape index (κ1) is 18.2.